The number of benzene rings is 1. The molecule has 1 heterocycles. The van der Waals surface area contributed by atoms with Gasteiger partial charge >= 0.3 is 0 Å². The molecular weight excluding hydrogens is 224 g/mol. The Morgan fingerprint density at radius 2 is 2.17 bits per heavy atom. The van der Waals surface area contributed by atoms with Gasteiger partial charge in [-0.25, -0.2) is 0 Å². The van der Waals surface area contributed by atoms with Crippen molar-refractivity contribution in [1.82, 2.24) is 4.90 Å². The molecule has 0 spiro atoms. The van der Waals surface area contributed by atoms with Crippen LogP contribution in [-0.4, -0.2) is 43.2 Å². The Morgan fingerprint density at radius 3 is 2.83 bits per heavy atom. The summed E-state index contributed by atoms with van der Waals surface area (Å²) >= 11 is 0. The summed E-state index contributed by atoms with van der Waals surface area (Å²) in [5, 5.41) is 9.51. The van der Waals surface area contributed by atoms with Gasteiger partial charge in [-0.2, -0.15) is 0 Å². The van der Waals surface area contributed by atoms with E-state index in [-0.39, 0.29) is 6.61 Å². The van der Waals surface area contributed by atoms with Crippen LogP contribution in [0.3, 0.4) is 0 Å². The molecule has 1 aromatic rings. The molecule has 3 nitrogen and oxygen atoms in total. The molecule has 1 unspecified atom stereocenters. The number of piperidine rings is 1. The molecule has 0 amide bonds. The predicted octanol–water partition coefficient (Wildman–Crippen LogP) is 2.02. The van der Waals surface area contributed by atoms with E-state index in [1.54, 1.807) is 0 Å². The van der Waals surface area contributed by atoms with E-state index in [0.717, 1.165) is 18.7 Å². The van der Waals surface area contributed by atoms with Crippen molar-refractivity contribution < 1.29 is 5.11 Å². The lowest BCUT2D eigenvalue weighted by Gasteiger charge is -2.38. The lowest BCUT2D eigenvalue weighted by atomic mass is 10.0. The van der Waals surface area contributed by atoms with E-state index in [9.17, 15) is 5.11 Å². The Morgan fingerprint density at radius 1 is 1.39 bits per heavy atom. The average molecular weight is 248 g/mol. The topological polar surface area (TPSA) is 26.7 Å². The molecule has 1 atom stereocenters. The Kier molecular flexibility index (Phi) is 4.25. The Hall–Kier alpha value is -1.06. The first-order valence-electron chi connectivity index (χ1n) is 6.73. The van der Waals surface area contributed by atoms with Gasteiger partial charge in [-0.3, -0.25) is 0 Å². The van der Waals surface area contributed by atoms with E-state index in [1.165, 1.54) is 24.1 Å². The molecule has 1 aliphatic rings. The summed E-state index contributed by atoms with van der Waals surface area (Å²) in [6.45, 7) is 4.35. The van der Waals surface area contributed by atoms with Crippen LogP contribution >= 0.6 is 0 Å². The maximum Gasteiger partial charge on any atom is 0.0702 e. The summed E-state index contributed by atoms with van der Waals surface area (Å²) in [4.78, 5) is 4.72. The molecule has 18 heavy (non-hydrogen) atoms. The van der Waals surface area contributed by atoms with Gasteiger partial charge in [0.2, 0.25) is 0 Å². The number of hydrogen-bond donors (Lipinski definition) is 1. The number of nitrogens with zero attached hydrogens (tertiary/aromatic N) is 2. The number of likely N-dealkylation sites (N-methyl/N-ethyl adjacent to an activating group) is 1. The molecule has 3 heteroatoms. The van der Waals surface area contributed by atoms with E-state index in [0.29, 0.717) is 6.04 Å². The second-order valence-electron chi connectivity index (χ2n) is 5.50. The smallest absolute Gasteiger partial charge is 0.0702 e. The fourth-order valence-corrected chi connectivity index (χ4v) is 2.74. The highest BCUT2D eigenvalue weighted by molar-refractivity contribution is 5.55. The van der Waals surface area contributed by atoms with Gasteiger partial charge in [-0.15, -0.1) is 0 Å². The van der Waals surface area contributed by atoms with Crippen molar-refractivity contribution in [1.29, 1.82) is 0 Å². The molecule has 1 saturated heterocycles. The van der Waals surface area contributed by atoms with E-state index in [1.807, 2.05) is 0 Å². The third-order valence-electron chi connectivity index (χ3n) is 3.87. The summed E-state index contributed by atoms with van der Waals surface area (Å²) in [7, 11) is 4.30. The van der Waals surface area contributed by atoms with Crippen molar-refractivity contribution in [2.75, 3.05) is 32.1 Å². The second kappa shape index (κ2) is 5.72. The lowest BCUT2D eigenvalue weighted by Crippen LogP contribution is -2.45. The quantitative estimate of drug-likeness (QED) is 0.886. The van der Waals surface area contributed by atoms with Crippen LogP contribution in [0.15, 0.2) is 18.2 Å². The molecule has 1 N–H and O–H groups in total. The summed E-state index contributed by atoms with van der Waals surface area (Å²) in [5.41, 5.74) is 3.47. The van der Waals surface area contributed by atoms with Crippen LogP contribution in [0.25, 0.3) is 0 Å². The van der Waals surface area contributed by atoms with Crippen molar-refractivity contribution in [2.24, 2.45) is 0 Å². The van der Waals surface area contributed by atoms with Gasteiger partial charge in [-0.1, -0.05) is 17.7 Å². The number of aliphatic hydroxyl groups excluding tert-OH is 1. The molecule has 0 aliphatic carbocycles. The molecule has 1 aromatic carbocycles. The van der Waals surface area contributed by atoms with Gasteiger partial charge in [0.05, 0.1) is 6.61 Å². The molecule has 1 aliphatic heterocycles. The molecule has 2 rings (SSSR count). The maximum absolute atomic E-state index is 9.51. The zero-order valence-electron chi connectivity index (χ0n) is 11.7. The molecule has 1 fully saturated rings. The minimum absolute atomic E-state index is 0.125. The lowest BCUT2D eigenvalue weighted by molar-refractivity contribution is 0.256. The van der Waals surface area contributed by atoms with Gasteiger partial charge in [0.1, 0.15) is 0 Å². The fraction of sp³-hybridized carbons (Fsp3) is 0.600. The minimum atomic E-state index is 0.125. The van der Waals surface area contributed by atoms with Crippen molar-refractivity contribution >= 4 is 5.69 Å². The zero-order valence-corrected chi connectivity index (χ0v) is 11.7. The van der Waals surface area contributed by atoms with Crippen LogP contribution in [0.1, 0.15) is 24.0 Å². The molecule has 0 bridgehead atoms. The predicted molar refractivity (Wildman–Crippen MR) is 76.0 cm³/mol. The number of aryl methyl sites for hydroxylation is 1. The normalized spacial score (nSPS) is 20.5. The van der Waals surface area contributed by atoms with Crippen LogP contribution in [0.2, 0.25) is 0 Å². The monoisotopic (exact) mass is 248 g/mol. The van der Waals surface area contributed by atoms with Crippen molar-refractivity contribution in [3.63, 3.8) is 0 Å². The first kappa shape index (κ1) is 13.4. The average Bonchev–Trinajstić information content (AvgIpc) is 2.38. The largest absolute Gasteiger partial charge is 0.392 e. The first-order chi connectivity index (χ1) is 8.61. The van der Waals surface area contributed by atoms with Crippen LogP contribution < -0.4 is 4.90 Å². The highest BCUT2D eigenvalue weighted by atomic mass is 16.3. The van der Waals surface area contributed by atoms with Gasteiger partial charge in [-0.05, 0) is 39.9 Å². The maximum atomic E-state index is 9.51. The highest BCUT2D eigenvalue weighted by Crippen LogP contribution is 2.26. The summed E-state index contributed by atoms with van der Waals surface area (Å²) in [5.74, 6) is 0. The van der Waals surface area contributed by atoms with Crippen LogP contribution in [0.5, 0.6) is 0 Å². The van der Waals surface area contributed by atoms with Crippen molar-refractivity contribution in [3.05, 3.63) is 29.3 Å². The van der Waals surface area contributed by atoms with E-state index in [4.69, 9.17) is 0 Å². The van der Waals surface area contributed by atoms with Crippen molar-refractivity contribution in [2.45, 2.75) is 32.4 Å². The number of aliphatic hydroxyl groups is 1. The van der Waals surface area contributed by atoms with Gasteiger partial charge in [0.15, 0.2) is 0 Å². The number of hydrogen-bond acceptors (Lipinski definition) is 3. The number of anilines is 1. The summed E-state index contributed by atoms with van der Waals surface area (Å²) in [6, 6.07) is 6.99. The van der Waals surface area contributed by atoms with E-state index < -0.39 is 0 Å². The van der Waals surface area contributed by atoms with Crippen LogP contribution in [0.4, 0.5) is 5.69 Å². The van der Waals surface area contributed by atoms with Crippen molar-refractivity contribution in [3.8, 4) is 0 Å². The van der Waals surface area contributed by atoms with Gasteiger partial charge in [0, 0.05) is 30.4 Å². The minimum Gasteiger partial charge on any atom is -0.392 e. The standard InChI is InChI=1S/C15H24N2O/c1-12-6-7-15(13(9-12)11-18)17-8-4-5-14(10-17)16(2)3/h6-7,9,14,18H,4-5,8,10-11H2,1-3H3. The zero-order chi connectivity index (χ0) is 13.1. The van der Waals surface area contributed by atoms with E-state index in [2.05, 4.69) is 49.0 Å². The third-order valence-corrected chi connectivity index (χ3v) is 3.87. The highest BCUT2D eigenvalue weighted by Gasteiger charge is 2.22. The first-order valence-corrected chi connectivity index (χ1v) is 6.73. The third kappa shape index (κ3) is 2.85. The summed E-state index contributed by atoms with van der Waals surface area (Å²) < 4.78 is 0. The Bertz CT molecular complexity index is 403. The van der Waals surface area contributed by atoms with Gasteiger partial charge in [0.25, 0.3) is 0 Å². The fourth-order valence-electron chi connectivity index (χ4n) is 2.74. The van der Waals surface area contributed by atoms with Gasteiger partial charge < -0.3 is 14.9 Å². The SMILES string of the molecule is Cc1ccc(N2CCCC(N(C)C)C2)c(CO)c1. The number of rotatable bonds is 3. The Labute approximate surface area is 110 Å². The van der Waals surface area contributed by atoms with Crippen LogP contribution in [0, 0.1) is 6.92 Å². The Balaban J connectivity index is 2.20. The molecule has 0 saturated carbocycles. The van der Waals surface area contributed by atoms with E-state index >= 15 is 0 Å². The van der Waals surface area contributed by atoms with Crippen LogP contribution in [-0.2, 0) is 6.61 Å². The molecule has 100 valence electrons. The second-order valence-corrected chi connectivity index (χ2v) is 5.50. The molecule has 0 aromatic heterocycles. The molecular formula is C15H24N2O. The summed E-state index contributed by atoms with van der Waals surface area (Å²) in [6.07, 6.45) is 2.49. The molecule has 0 radical (unpaired) electrons.